The lowest BCUT2D eigenvalue weighted by molar-refractivity contribution is -0.121. The zero-order valence-corrected chi connectivity index (χ0v) is 14.0. The van der Waals surface area contributed by atoms with Crippen LogP contribution in [0, 0.1) is 0 Å². The van der Waals surface area contributed by atoms with Crippen LogP contribution in [0.4, 0.5) is 0 Å². The third kappa shape index (κ3) is 9.82. The Kier molecular flexibility index (Phi) is 9.95. The van der Waals surface area contributed by atoms with Crippen molar-refractivity contribution in [2.45, 2.75) is 38.5 Å². The molecule has 0 atom stereocenters. The van der Waals surface area contributed by atoms with E-state index in [-0.39, 0.29) is 0 Å². The highest BCUT2D eigenvalue weighted by Crippen LogP contribution is 2.04. The highest BCUT2D eigenvalue weighted by Gasteiger charge is 2.11. The molecule has 3 rings (SSSR count). The summed E-state index contributed by atoms with van der Waals surface area (Å²) in [6, 6.07) is 0. The van der Waals surface area contributed by atoms with Crippen LogP contribution in [0.3, 0.4) is 0 Å². The van der Waals surface area contributed by atoms with Crippen LogP contribution in [0.15, 0.2) is 12.2 Å². The molecule has 2 N–H and O–H groups in total. The zero-order valence-electron chi connectivity index (χ0n) is 14.0. The number of rotatable bonds is 0. The van der Waals surface area contributed by atoms with Gasteiger partial charge in [-0.15, -0.1) is 0 Å². The number of Topliss-reactive ketones (excluding diaryl/α,β-unsaturated/α-hetero) is 2. The molecule has 0 aromatic carbocycles. The number of piperidine rings is 3. The van der Waals surface area contributed by atoms with E-state index >= 15 is 0 Å². The minimum atomic E-state index is 0.402. The molecule has 3 aliphatic heterocycles. The highest BCUT2D eigenvalue weighted by molar-refractivity contribution is 5.79. The number of nitrogens with zero attached hydrogens (tertiary/aromatic N) is 1. The number of carbonyl (C=O) groups excluding carboxylic acids is 2. The lowest BCUT2D eigenvalue weighted by Gasteiger charge is -2.19. The smallest absolute Gasteiger partial charge is 0.135 e. The Morgan fingerprint density at radius 2 is 1.18 bits per heavy atom. The van der Waals surface area contributed by atoms with Crippen molar-refractivity contribution in [2.24, 2.45) is 0 Å². The molecule has 0 amide bonds. The first kappa shape index (κ1) is 19.0. The van der Waals surface area contributed by atoms with Crippen molar-refractivity contribution >= 4 is 11.6 Å². The Bertz CT molecular complexity index is 321. The van der Waals surface area contributed by atoms with Crippen LogP contribution in [0.5, 0.6) is 0 Å². The standard InChI is InChI=1S/C6H11NO.C6H11N.C5H9NO/c1-7-4-2-6(8)3-5-7;1-6-2-4-7-5-3-6;7-5-1-3-6-4-2-5/h2-5H2,1H3;7H,1-5H2;6H,1-4H2. The second kappa shape index (κ2) is 11.5. The lowest BCUT2D eigenvalue weighted by atomic mass is 10.1. The van der Waals surface area contributed by atoms with Crippen LogP contribution >= 0.6 is 0 Å². The first-order valence-corrected chi connectivity index (χ1v) is 8.38. The molecule has 3 saturated heterocycles. The van der Waals surface area contributed by atoms with Gasteiger partial charge in [0.2, 0.25) is 0 Å². The Morgan fingerprint density at radius 1 is 0.773 bits per heavy atom. The molecule has 0 aromatic heterocycles. The fourth-order valence-electron chi connectivity index (χ4n) is 2.35. The summed E-state index contributed by atoms with van der Waals surface area (Å²) >= 11 is 0. The van der Waals surface area contributed by atoms with Gasteiger partial charge in [0, 0.05) is 51.9 Å². The van der Waals surface area contributed by atoms with Crippen LogP contribution < -0.4 is 10.6 Å². The summed E-state index contributed by atoms with van der Waals surface area (Å²) in [5.41, 5.74) is 1.40. The number of hydrogen-bond acceptors (Lipinski definition) is 5. The van der Waals surface area contributed by atoms with Crippen LogP contribution in [-0.2, 0) is 9.59 Å². The van der Waals surface area contributed by atoms with Gasteiger partial charge in [0.25, 0.3) is 0 Å². The number of likely N-dealkylation sites (tertiary alicyclic amines) is 1. The van der Waals surface area contributed by atoms with Gasteiger partial charge in [0.05, 0.1) is 0 Å². The Morgan fingerprint density at radius 3 is 1.45 bits per heavy atom. The van der Waals surface area contributed by atoms with E-state index in [4.69, 9.17) is 0 Å². The topological polar surface area (TPSA) is 61.4 Å². The Labute approximate surface area is 134 Å². The minimum absolute atomic E-state index is 0.402. The monoisotopic (exact) mass is 309 g/mol. The highest BCUT2D eigenvalue weighted by atomic mass is 16.1. The number of carbonyl (C=O) groups is 2. The maximum atomic E-state index is 10.6. The van der Waals surface area contributed by atoms with Gasteiger partial charge in [-0.25, -0.2) is 0 Å². The van der Waals surface area contributed by atoms with Gasteiger partial charge >= 0.3 is 0 Å². The SMILES string of the molecule is C=C1CCNCC1.CN1CCC(=O)CC1.O=C1CCNCC1. The van der Waals surface area contributed by atoms with Gasteiger partial charge in [-0.2, -0.15) is 0 Å². The molecule has 5 heteroatoms. The summed E-state index contributed by atoms with van der Waals surface area (Å²) in [5.74, 6) is 0.821. The predicted octanol–water partition coefficient (Wildman–Crippen LogP) is 1.15. The van der Waals surface area contributed by atoms with E-state index in [2.05, 4.69) is 22.1 Å². The van der Waals surface area contributed by atoms with E-state index < -0.39 is 0 Å². The maximum Gasteiger partial charge on any atom is 0.135 e. The van der Waals surface area contributed by atoms with Crippen LogP contribution in [-0.4, -0.2) is 62.8 Å². The molecule has 0 radical (unpaired) electrons. The summed E-state index contributed by atoms with van der Waals surface area (Å²) in [6.07, 6.45) is 5.35. The lowest BCUT2D eigenvalue weighted by Crippen LogP contribution is -2.29. The molecule has 126 valence electrons. The number of hydrogen-bond donors (Lipinski definition) is 2. The van der Waals surface area contributed by atoms with Gasteiger partial charge in [-0.1, -0.05) is 12.2 Å². The summed E-state index contributed by atoms with van der Waals surface area (Å²) < 4.78 is 0. The molecule has 3 aliphatic rings. The molecule has 0 aliphatic carbocycles. The van der Waals surface area contributed by atoms with Gasteiger partial charge in [-0.05, 0) is 33.0 Å². The van der Waals surface area contributed by atoms with Crippen molar-refractivity contribution in [3.8, 4) is 0 Å². The molecule has 3 heterocycles. The summed E-state index contributed by atoms with van der Waals surface area (Å²) in [7, 11) is 2.05. The van der Waals surface area contributed by atoms with Gasteiger partial charge in [0.1, 0.15) is 11.6 Å². The molecule has 0 spiro atoms. The van der Waals surface area contributed by atoms with E-state index in [1.807, 2.05) is 7.05 Å². The second-order valence-electron chi connectivity index (χ2n) is 6.13. The van der Waals surface area contributed by atoms with E-state index in [9.17, 15) is 9.59 Å². The molecular formula is C17H31N3O2. The van der Waals surface area contributed by atoms with E-state index in [0.29, 0.717) is 11.6 Å². The molecule has 0 aromatic rings. The van der Waals surface area contributed by atoms with Crippen molar-refractivity contribution in [3.63, 3.8) is 0 Å². The number of nitrogens with one attached hydrogen (secondary N) is 2. The van der Waals surface area contributed by atoms with Crippen molar-refractivity contribution in [2.75, 3.05) is 46.3 Å². The summed E-state index contributed by atoms with van der Waals surface area (Å²) in [6.45, 7) is 9.84. The zero-order chi connectivity index (χ0) is 16.2. The first-order valence-electron chi connectivity index (χ1n) is 8.38. The fourth-order valence-corrected chi connectivity index (χ4v) is 2.35. The van der Waals surface area contributed by atoms with Crippen LogP contribution in [0.2, 0.25) is 0 Å². The molecule has 3 fully saturated rings. The van der Waals surface area contributed by atoms with E-state index in [0.717, 1.165) is 65.0 Å². The van der Waals surface area contributed by atoms with Gasteiger partial charge < -0.3 is 15.5 Å². The molecule has 5 nitrogen and oxygen atoms in total. The fraction of sp³-hybridized carbons (Fsp3) is 0.765. The van der Waals surface area contributed by atoms with Crippen molar-refractivity contribution in [1.29, 1.82) is 0 Å². The summed E-state index contributed by atoms with van der Waals surface area (Å²) in [5, 5.41) is 6.35. The molecule has 0 bridgehead atoms. The largest absolute Gasteiger partial charge is 0.316 e. The van der Waals surface area contributed by atoms with Crippen LogP contribution in [0.25, 0.3) is 0 Å². The molecule has 0 saturated carbocycles. The third-order valence-corrected chi connectivity index (χ3v) is 4.02. The molecular weight excluding hydrogens is 278 g/mol. The van der Waals surface area contributed by atoms with Crippen LogP contribution in [0.1, 0.15) is 38.5 Å². The van der Waals surface area contributed by atoms with Gasteiger partial charge in [0.15, 0.2) is 0 Å². The van der Waals surface area contributed by atoms with Crippen molar-refractivity contribution in [1.82, 2.24) is 15.5 Å². The molecule has 0 unspecified atom stereocenters. The normalized spacial score (nSPS) is 23.0. The van der Waals surface area contributed by atoms with E-state index in [1.54, 1.807) is 0 Å². The molecule has 22 heavy (non-hydrogen) atoms. The quantitative estimate of drug-likeness (QED) is 0.657. The first-order chi connectivity index (χ1) is 10.6. The predicted molar refractivity (Wildman–Crippen MR) is 90.1 cm³/mol. The average Bonchev–Trinajstić information content (AvgIpc) is 2.53. The Balaban J connectivity index is 0.000000166. The Hall–Kier alpha value is -1.04. The summed E-state index contributed by atoms with van der Waals surface area (Å²) in [4.78, 5) is 23.2. The second-order valence-corrected chi connectivity index (χ2v) is 6.13. The van der Waals surface area contributed by atoms with Crippen molar-refractivity contribution < 1.29 is 9.59 Å². The number of ketones is 2. The third-order valence-electron chi connectivity index (χ3n) is 4.02. The maximum absolute atomic E-state index is 10.6. The average molecular weight is 309 g/mol. The minimum Gasteiger partial charge on any atom is -0.316 e. The van der Waals surface area contributed by atoms with Crippen molar-refractivity contribution in [3.05, 3.63) is 12.2 Å². The van der Waals surface area contributed by atoms with Gasteiger partial charge in [-0.3, -0.25) is 9.59 Å². The van der Waals surface area contributed by atoms with E-state index in [1.165, 1.54) is 18.4 Å².